The number of benzene rings is 2. The Bertz CT molecular complexity index is 969. The van der Waals surface area contributed by atoms with E-state index in [-0.39, 0.29) is 0 Å². The highest BCUT2D eigenvalue weighted by atomic mass is 35.5. The first kappa shape index (κ1) is 19.0. The van der Waals surface area contributed by atoms with Crippen LogP contribution in [0.5, 0.6) is 0 Å². The SMILES string of the molecule is O=C(COC(=O)c1ccc(-c2ccc(Cl)cc2)s1)Nc1c(F)cccc1F. The van der Waals surface area contributed by atoms with Crippen LogP contribution in [0.1, 0.15) is 9.67 Å². The molecule has 0 saturated carbocycles. The summed E-state index contributed by atoms with van der Waals surface area (Å²) in [7, 11) is 0. The monoisotopic (exact) mass is 407 g/mol. The number of halogens is 3. The first-order valence-corrected chi connectivity index (χ1v) is 8.90. The number of para-hydroxylation sites is 1. The van der Waals surface area contributed by atoms with Gasteiger partial charge in [0, 0.05) is 9.90 Å². The third-order valence-corrected chi connectivity index (χ3v) is 4.86. The lowest BCUT2D eigenvalue weighted by molar-refractivity contribution is -0.119. The third-order valence-electron chi connectivity index (χ3n) is 3.50. The number of ether oxygens (including phenoxy) is 1. The molecule has 0 unspecified atom stereocenters. The second-order valence-corrected chi connectivity index (χ2v) is 6.91. The number of carbonyl (C=O) groups is 2. The molecule has 3 rings (SSSR count). The average molecular weight is 408 g/mol. The van der Waals surface area contributed by atoms with E-state index in [2.05, 4.69) is 0 Å². The number of nitrogens with one attached hydrogen (secondary N) is 1. The molecule has 0 aliphatic carbocycles. The first-order chi connectivity index (χ1) is 12.9. The van der Waals surface area contributed by atoms with Crippen LogP contribution in [-0.4, -0.2) is 18.5 Å². The molecule has 0 aliphatic heterocycles. The minimum absolute atomic E-state index is 0.296. The standard InChI is InChI=1S/C19H12ClF2NO3S/c20-12-6-4-11(5-7-12)15-8-9-16(27-15)19(25)26-10-17(24)23-18-13(21)2-1-3-14(18)22/h1-9H,10H2,(H,23,24). The third kappa shape index (κ3) is 4.69. The summed E-state index contributed by atoms with van der Waals surface area (Å²) in [6.45, 7) is -0.666. The van der Waals surface area contributed by atoms with Crippen LogP contribution in [0.15, 0.2) is 54.6 Å². The fourth-order valence-electron chi connectivity index (χ4n) is 2.21. The Morgan fingerprint density at radius 1 is 1.00 bits per heavy atom. The minimum Gasteiger partial charge on any atom is -0.451 e. The molecule has 1 amide bonds. The number of rotatable bonds is 5. The molecule has 0 spiro atoms. The summed E-state index contributed by atoms with van der Waals surface area (Å²) < 4.78 is 31.9. The molecular formula is C19H12ClF2NO3S. The van der Waals surface area contributed by atoms with E-state index in [1.165, 1.54) is 17.4 Å². The fraction of sp³-hybridized carbons (Fsp3) is 0.0526. The van der Waals surface area contributed by atoms with Crippen LogP contribution in [0.25, 0.3) is 10.4 Å². The lowest BCUT2D eigenvalue weighted by Gasteiger charge is -2.07. The zero-order valence-corrected chi connectivity index (χ0v) is 15.2. The van der Waals surface area contributed by atoms with Gasteiger partial charge in [-0.15, -0.1) is 11.3 Å². The highest BCUT2D eigenvalue weighted by molar-refractivity contribution is 7.17. The van der Waals surface area contributed by atoms with Gasteiger partial charge < -0.3 is 10.1 Å². The second-order valence-electron chi connectivity index (χ2n) is 5.39. The predicted octanol–water partition coefficient (Wildman–Crippen LogP) is 5.14. The molecule has 138 valence electrons. The van der Waals surface area contributed by atoms with E-state index in [0.29, 0.717) is 9.90 Å². The minimum atomic E-state index is -0.916. The summed E-state index contributed by atoms with van der Waals surface area (Å²) in [5.41, 5.74) is 0.302. The van der Waals surface area contributed by atoms with Crippen LogP contribution in [0.2, 0.25) is 5.02 Å². The zero-order valence-electron chi connectivity index (χ0n) is 13.7. The van der Waals surface area contributed by atoms with Crippen molar-refractivity contribution >= 4 is 40.5 Å². The van der Waals surface area contributed by atoms with Crippen molar-refractivity contribution in [3.63, 3.8) is 0 Å². The van der Waals surface area contributed by atoms with Crippen molar-refractivity contribution in [1.29, 1.82) is 0 Å². The maximum absolute atomic E-state index is 13.5. The summed E-state index contributed by atoms with van der Waals surface area (Å²) in [4.78, 5) is 25.0. The molecule has 1 heterocycles. The Balaban J connectivity index is 1.59. The van der Waals surface area contributed by atoms with Crippen molar-refractivity contribution in [2.75, 3.05) is 11.9 Å². The number of carbonyl (C=O) groups excluding carboxylic acids is 2. The highest BCUT2D eigenvalue weighted by Crippen LogP contribution is 2.29. The fourth-order valence-corrected chi connectivity index (χ4v) is 3.24. The van der Waals surface area contributed by atoms with Crippen molar-refractivity contribution < 1.29 is 23.1 Å². The van der Waals surface area contributed by atoms with Crippen LogP contribution < -0.4 is 5.32 Å². The lowest BCUT2D eigenvalue weighted by atomic mass is 10.2. The van der Waals surface area contributed by atoms with Gasteiger partial charge in [0.05, 0.1) is 0 Å². The molecule has 2 aromatic carbocycles. The van der Waals surface area contributed by atoms with Gasteiger partial charge in [0.15, 0.2) is 6.61 Å². The maximum atomic E-state index is 13.5. The molecule has 0 radical (unpaired) electrons. The molecule has 27 heavy (non-hydrogen) atoms. The van der Waals surface area contributed by atoms with Crippen LogP contribution >= 0.6 is 22.9 Å². The van der Waals surface area contributed by atoms with E-state index in [0.717, 1.165) is 22.6 Å². The summed E-state index contributed by atoms with van der Waals surface area (Å²) in [5, 5.41) is 2.65. The molecule has 1 N–H and O–H groups in total. The molecule has 3 aromatic rings. The lowest BCUT2D eigenvalue weighted by Crippen LogP contribution is -2.21. The topological polar surface area (TPSA) is 55.4 Å². The number of hydrogen-bond donors (Lipinski definition) is 1. The summed E-state index contributed by atoms with van der Waals surface area (Å²) >= 11 is 7.04. The number of esters is 1. The molecule has 0 atom stereocenters. The molecular weight excluding hydrogens is 396 g/mol. The zero-order chi connectivity index (χ0) is 19.4. The van der Waals surface area contributed by atoms with Crippen molar-refractivity contribution in [2.24, 2.45) is 0 Å². The Labute approximate surface area is 162 Å². The van der Waals surface area contributed by atoms with Crippen LogP contribution in [0.4, 0.5) is 14.5 Å². The van der Waals surface area contributed by atoms with Gasteiger partial charge in [-0.1, -0.05) is 29.8 Å². The van der Waals surface area contributed by atoms with Crippen molar-refractivity contribution in [3.05, 3.63) is 76.1 Å². The quantitative estimate of drug-likeness (QED) is 0.595. The predicted molar refractivity (Wildman–Crippen MR) is 100 cm³/mol. The van der Waals surface area contributed by atoms with E-state index in [4.69, 9.17) is 16.3 Å². The van der Waals surface area contributed by atoms with Gasteiger partial charge in [-0.3, -0.25) is 4.79 Å². The van der Waals surface area contributed by atoms with Gasteiger partial charge in [0.25, 0.3) is 5.91 Å². The summed E-state index contributed by atoms with van der Waals surface area (Å²) in [6.07, 6.45) is 0. The summed E-state index contributed by atoms with van der Waals surface area (Å²) in [6, 6.07) is 13.6. The van der Waals surface area contributed by atoms with E-state index in [1.54, 1.807) is 24.3 Å². The molecule has 0 bridgehead atoms. The second kappa shape index (κ2) is 8.28. The molecule has 0 aliphatic rings. The number of thiophene rings is 1. The smallest absolute Gasteiger partial charge is 0.348 e. The first-order valence-electron chi connectivity index (χ1n) is 7.71. The largest absolute Gasteiger partial charge is 0.451 e. The van der Waals surface area contributed by atoms with Gasteiger partial charge in [0.1, 0.15) is 22.2 Å². The number of hydrogen-bond acceptors (Lipinski definition) is 4. The van der Waals surface area contributed by atoms with E-state index >= 15 is 0 Å². The Hall–Kier alpha value is -2.77. The van der Waals surface area contributed by atoms with Gasteiger partial charge in [0.2, 0.25) is 0 Å². The maximum Gasteiger partial charge on any atom is 0.348 e. The van der Waals surface area contributed by atoms with Crippen molar-refractivity contribution in [3.8, 4) is 10.4 Å². The summed E-state index contributed by atoms with van der Waals surface area (Å²) in [5.74, 6) is -3.38. The Morgan fingerprint density at radius 2 is 1.67 bits per heavy atom. The van der Waals surface area contributed by atoms with E-state index in [9.17, 15) is 18.4 Å². The van der Waals surface area contributed by atoms with Crippen LogP contribution in [-0.2, 0) is 9.53 Å². The van der Waals surface area contributed by atoms with Gasteiger partial charge >= 0.3 is 5.97 Å². The van der Waals surface area contributed by atoms with Crippen molar-refractivity contribution in [2.45, 2.75) is 0 Å². The van der Waals surface area contributed by atoms with Crippen molar-refractivity contribution in [1.82, 2.24) is 0 Å². The normalized spacial score (nSPS) is 10.5. The van der Waals surface area contributed by atoms with Crippen LogP contribution in [0, 0.1) is 11.6 Å². The van der Waals surface area contributed by atoms with Crippen LogP contribution in [0.3, 0.4) is 0 Å². The average Bonchev–Trinajstić information content (AvgIpc) is 3.14. The van der Waals surface area contributed by atoms with E-state index in [1.807, 2.05) is 17.4 Å². The Kier molecular flexibility index (Phi) is 5.83. The molecule has 0 saturated heterocycles. The number of amides is 1. The highest BCUT2D eigenvalue weighted by Gasteiger charge is 2.16. The van der Waals surface area contributed by atoms with Gasteiger partial charge in [-0.2, -0.15) is 0 Å². The van der Waals surface area contributed by atoms with Gasteiger partial charge in [-0.05, 0) is 42.0 Å². The molecule has 1 aromatic heterocycles. The van der Waals surface area contributed by atoms with Gasteiger partial charge in [-0.25, -0.2) is 13.6 Å². The van der Waals surface area contributed by atoms with E-state index < -0.39 is 35.8 Å². The number of anilines is 1. The molecule has 4 nitrogen and oxygen atoms in total. The Morgan fingerprint density at radius 3 is 2.33 bits per heavy atom. The molecule has 0 fully saturated rings. The molecule has 8 heteroatoms.